The van der Waals surface area contributed by atoms with Crippen LogP contribution in [0.25, 0.3) is 0 Å². The molecular formula is C11H8ClN5. The lowest BCUT2D eigenvalue weighted by Gasteiger charge is -2.08. The lowest BCUT2D eigenvalue weighted by molar-refractivity contribution is 1.21. The molecule has 0 saturated heterocycles. The molecular weight excluding hydrogens is 238 g/mol. The molecule has 0 fully saturated rings. The van der Waals surface area contributed by atoms with E-state index in [0.717, 1.165) is 0 Å². The molecule has 0 bridgehead atoms. The van der Waals surface area contributed by atoms with Gasteiger partial charge in [-0.2, -0.15) is 5.26 Å². The van der Waals surface area contributed by atoms with Crippen LogP contribution in [0.2, 0.25) is 5.02 Å². The van der Waals surface area contributed by atoms with E-state index in [9.17, 15) is 0 Å². The molecule has 0 atom stereocenters. The molecule has 2 aromatic rings. The Morgan fingerprint density at radius 2 is 2.06 bits per heavy atom. The normalized spacial score (nSPS) is 9.65. The Hall–Kier alpha value is -2.32. The summed E-state index contributed by atoms with van der Waals surface area (Å²) in [6.45, 7) is 0. The number of nitrogens with one attached hydrogen (secondary N) is 1. The number of nitrogen functional groups attached to an aromatic ring is 1. The Morgan fingerprint density at radius 1 is 1.29 bits per heavy atom. The van der Waals surface area contributed by atoms with Gasteiger partial charge in [0.15, 0.2) is 11.6 Å². The molecule has 0 aliphatic carbocycles. The fourth-order valence-electron chi connectivity index (χ4n) is 1.26. The van der Waals surface area contributed by atoms with Crippen LogP contribution in [-0.2, 0) is 0 Å². The van der Waals surface area contributed by atoms with Crippen LogP contribution in [0.1, 0.15) is 5.56 Å². The summed E-state index contributed by atoms with van der Waals surface area (Å²) >= 11 is 5.99. The third-order valence-corrected chi connectivity index (χ3v) is 2.40. The molecule has 1 aromatic heterocycles. The van der Waals surface area contributed by atoms with Gasteiger partial charge in [-0.1, -0.05) is 11.6 Å². The lowest BCUT2D eigenvalue weighted by atomic mass is 10.2. The number of nitriles is 1. The highest BCUT2D eigenvalue weighted by Crippen LogP contribution is 2.26. The van der Waals surface area contributed by atoms with Crippen molar-refractivity contribution in [1.82, 2.24) is 9.97 Å². The van der Waals surface area contributed by atoms with Gasteiger partial charge in [0.2, 0.25) is 0 Å². The van der Waals surface area contributed by atoms with Gasteiger partial charge in [-0.3, -0.25) is 0 Å². The summed E-state index contributed by atoms with van der Waals surface area (Å²) in [4.78, 5) is 7.92. The van der Waals surface area contributed by atoms with Crippen molar-refractivity contribution in [3.63, 3.8) is 0 Å². The topological polar surface area (TPSA) is 87.6 Å². The summed E-state index contributed by atoms with van der Waals surface area (Å²) in [5.41, 5.74) is 6.71. The predicted octanol–water partition coefficient (Wildman–Crippen LogP) is 2.33. The SMILES string of the molecule is N#Cc1ccc(Cl)c(Nc2nccnc2N)c1. The van der Waals surface area contributed by atoms with E-state index in [1.165, 1.54) is 12.4 Å². The summed E-state index contributed by atoms with van der Waals surface area (Å²) < 4.78 is 0. The van der Waals surface area contributed by atoms with E-state index in [0.29, 0.717) is 22.1 Å². The van der Waals surface area contributed by atoms with E-state index < -0.39 is 0 Å². The molecule has 0 amide bonds. The number of aromatic nitrogens is 2. The van der Waals surface area contributed by atoms with Gasteiger partial charge in [-0.25, -0.2) is 9.97 Å². The zero-order valence-electron chi connectivity index (χ0n) is 8.68. The zero-order chi connectivity index (χ0) is 12.3. The first-order valence-electron chi connectivity index (χ1n) is 4.74. The summed E-state index contributed by atoms with van der Waals surface area (Å²) in [7, 11) is 0. The van der Waals surface area contributed by atoms with Gasteiger partial charge >= 0.3 is 0 Å². The van der Waals surface area contributed by atoms with Crippen molar-refractivity contribution in [2.45, 2.75) is 0 Å². The zero-order valence-corrected chi connectivity index (χ0v) is 9.44. The van der Waals surface area contributed by atoms with Gasteiger partial charge in [-0.05, 0) is 18.2 Å². The Kier molecular flexibility index (Phi) is 3.08. The van der Waals surface area contributed by atoms with Gasteiger partial charge in [-0.15, -0.1) is 0 Å². The highest BCUT2D eigenvalue weighted by Gasteiger charge is 2.06. The second-order valence-electron chi connectivity index (χ2n) is 3.22. The molecule has 17 heavy (non-hydrogen) atoms. The second kappa shape index (κ2) is 4.68. The number of halogens is 1. The van der Waals surface area contributed by atoms with Crippen LogP contribution in [0, 0.1) is 11.3 Å². The van der Waals surface area contributed by atoms with Crippen LogP contribution in [0.3, 0.4) is 0 Å². The summed E-state index contributed by atoms with van der Waals surface area (Å²) in [6, 6.07) is 6.92. The summed E-state index contributed by atoms with van der Waals surface area (Å²) in [5, 5.41) is 12.2. The van der Waals surface area contributed by atoms with Gasteiger partial charge < -0.3 is 11.1 Å². The molecule has 0 saturated carbocycles. The Bertz CT molecular complexity index is 591. The predicted molar refractivity (Wildman–Crippen MR) is 65.9 cm³/mol. The van der Waals surface area contributed by atoms with Crippen molar-refractivity contribution in [3.8, 4) is 6.07 Å². The number of benzene rings is 1. The molecule has 0 aliphatic heterocycles. The Morgan fingerprint density at radius 3 is 2.76 bits per heavy atom. The fourth-order valence-corrected chi connectivity index (χ4v) is 1.43. The van der Waals surface area contributed by atoms with E-state index in [2.05, 4.69) is 15.3 Å². The van der Waals surface area contributed by atoms with Gasteiger partial charge in [0.1, 0.15) is 0 Å². The number of hydrogen-bond donors (Lipinski definition) is 2. The van der Waals surface area contributed by atoms with Crippen LogP contribution >= 0.6 is 11.6 Å². The minimum Gasteiger partial charge on any atom is -0.381 e. The van der Waals surface area contributed by atoms with Crippen molar-refractivity contribution in [1.29, 1.82) is 5.26 Å². The van der Waals surface area contributed by atoms with Crippen LogP contribution in [0.15, 0.2) is 30.6 Å². The maximum Gasteiger partial charge on any atom is 0.173 e. The molecule has 0 spiro atoms. The molecule has 0 aliphatic rings. The molecule has 5 nitrogen and oxygen atoms in total. The average molecular weight is 246 g/mol. The van der Waals surface area contributed by atoms with Crippen molar-refractivity contribution < 1.29 is 0 Å². The molecule has 1 aromatic carbocycles. The largest absolute Gasteiger partial charge is 0.381 e. The van der Waals surface area contributed by atoms with Crippen molar-refractivity contribution in [2.24, 2.45) is 0 Å². The number of hydrogen-bond acceptors (Lipinski definition) is 5. The minimum atomic E-state index is 0.269. The first-order valence-corrected chi connectivity index (χ1v) is 5.11. The van der Waals surface area contributed by atoms with E-state index in [1.54, 1.807) is 18.2 Å². The van der Waals surface area contributed by atoms with Crippen LogP contribution in [0.4, 0.5) is 17.3 Å². The minimum absolute atomic E-state index is 0.269. The molecule has 2 rings (SSSR count). The van der Waals surface area contributed by atoms with E-state index in [4.69, 9.17) is 22.6 Å². The van der Waals surface area contributed by atoms with Crippen molar-refractivity contribution >= 4 is 28.9 Å². The average Bonchev–Trinajstić information content (AvgIpc) is 2.35. The lowest BCUT2D eigenvalue weighted by Crippen LogP contribution is -2.01. The van der Waals surface area contributed by atoms with Crippen LogP contribution < -0.4 is 11.1 Å². The monoisotopic (exact) mass is 245 g/mol. The van der Waals surface area contributed by atoms with Gasteiger partial charge in [0.25, 0.3) is 0 Å². The van der Waals surface area contributed by atoms with Crippen molar-refractivity contribution in [3.05, 3.63) is 41.2 Å². The number of anilines is 3. The standard InChI is InChI=1S/C11H8ClN5/c12-8-2-1-7(6-13)5-9(8)17-11-10(14)15-3-4-16-11/h1-5H,(H2,14,15)(H,16,17). The molecule has 6 heteroatoms. The second-order valence-corrected chi connectivity index (χ2v) is 3.63. The fraction of sp³-hybridized carbons (Fsp3) is 0. The summed E-state index contributed by atoms with van der Waals surface area (Å²) in [5.74, 6) is 0.676. The van der Waals surface area contributed by atoms with Crippen LogP contribution in [-0.4, -0.2) is 9.97 Å². The third-order valence-electron chi connectivity index (χ3n) is 2.08. The molecule has 3 N–H and O–H groups in total. The molecule has 1 heterocycles. The molecule has 0 unspecified atom stereocenters. The number of rotatable bonds is 2. The van der Waals surface area contributed by atoms with Gasteiger partial charge in [0.05, 0.1) is 22.3 Å². The smallest absolute Gasteiger partial charge is 0.173 e. The van der Waals surface area contributed by atoms with E-state index in [-0.39, 0.29) is 5.82 Å². The quantitative estimate of drug-likeness (QED) is 0.848. The highest BCUT2D eigenvalue weighted by molar-refractivity contribution is 6.33. The van der Waals surface area contributed by atoms with E-state index in [1.807, 2.05) is 6.07 Å². The number of nitrogens with two attached hydrogens (primary N) is 1. The number of nitrogens with zero attached hydrogens (tertiary/aromatic N) is 3. The highest BCUT2D eigenvalue weighted by atomic mass is 35.5. The first kappa shape index (κ1) is 11.2. The molecule has 0 radical (unpaired) electrons. The van der Waals surface area contributed by atoms with Gasteiger partial charge in [0, 0.05) is 12.4 Å². The molecule has 84 valence electrons. The maximum atomic E-state index is 8.80. The first-order chi connectivity index (χ1) is 8.20. The van der Waals surface area contributed by atoms with E-state index >= 15 is 0 Å². The summed E-state index contributed by atoms with van der Waals surface area (Å²) in [6.07, 6.45) is 3.01. The maximum absolute atomic E-state index is 8.80. The third kappa shape index (κ3) is 2.44. The van der Waals surface area contributed by atoms with Crippen molar-refractivity contribution in [2.75, 3.05) is 11.1 Å². The Labute approximate surface area is 103 Å². The van der Waals surface area contributed by atoms with Crippen LogP contribution in [0.5, 0.6) is 0 Å². The Balaban J connectivity index is 2.37.